The van der Waals surface area contributed by atoms with Gasteiger partial charge in [0, 0.05) is 39.1 Å². The first-order valence-electron chi connectivity index (χ1n) is 7.05. The van der Waals surface area contributed by atoms with E-state index in [0.29, 0.717) is 19.4 Å². The number of rotatable bonds is 5. The Balaban J connectivity index is 1.75. The second kappa shape index (κ2) is 7.19. The Morgan fingerprint density at radius 1 is 1.50 bits per heavy atom. The molecule has 1 aromatic rings. The third kappa shape index (κ3) is 4.45. The highest BCUT2D eigenvalue weighted by Gasteiger charge is 2.18. The zero-order valence-electron chi connectivity index (χ0n) is 11.8. The van der Waals surface area contributed by atoms with E-state index in [4.69, 9.17) is 4.74 Å². The molecule has 0 aliphatic carbocycles. The molecule has 0 bridgehead atoms. The van der Waals surface area contributed by atoms with Gasteiger partial charge in [-0.25, -0.2) is 5.10 Å². The van der Waals surface area contributed by atoms with Crippen LogP contribution in [0.2, 0.25) is 0 Å². The molecule has 6 nitrogen and oxygen atoms in total. The van der Waals surface area contributed by atoms with Gasteiger partial charge in [0.15, 0.2) is 0 Å². The van der Waals surface area contributed by atoms with Crippen LogP contribution in [0.5, 0.6) is 0 Å². The highest BCUT2D eigenvalue weighted by molar-refractivity contribution is 5.76. The number of aromatic amines is 1. The smallest absolute Gasteiger partial charge is 0.264 e. The van der Waals surface area contributed by atoms with Gasteiger partial charge in [0.05, 0.1) is 11.8 Å². The van der Waals surface area contributed by atoms with Crippen molar-refractivity contribution in [2.45, 2.75) is 38.2 Å². The molecule has 6 heteroatoms. The maximum absolute atomic E-state index is 12.0. The maximum Gasteiger partial charge on any atom is 0.264 e. The van der Waals surface area contributed by atoms with Crippen LogP contribution in [0, 0.1) is 0 Å². The van der Waals surface area contributed by atoms with Gasteiger partial charge in [-0.05, 0) is 25.3 Å². The number of aryl methyl sites for hydroxylation is 1. The molecule has 110 valence electrons. The summed E-state index contributed by atoms with van der Waals surface area (Å²) in [6.45, 7) is 1.45. The molecule has 1 amide bonds. The number of carbonyl (C=O) groups excluding carboxylic acids is 1. The van der Waals surface area contributed by atoms with Gasteiger partial charge in [-0.15, -0.1) is 0 Å². The lowest BCUT2D eigenvalue weighted by Crippen LogP contribution is -2.37. The van der Waals surface area contributed by atoms with E-state index < -0.39 is 0 Å². The number of nitrogens with zero attached hydrogens (tertiary/aromatic N) is 2. The number of hydrogen-bond donors (Lipinski definition) is 1. The maximum atomic E-state index is 12.0. The van der Waals surface area contributed by atoms with Crippen LogP contribution in [0.25, 0.3) is 0 Å². The van der Waals surface area contributed by atoms with Crippen LogP contribution in [-0.2, 0) is 16.0 Å². The molecule has 1 saturated heterocycles. The fraction of sp³-hybridized carbons (Fsp3) is 0.643. The Kier molecular flexibility index (Phi) is 5.29. The van der Waals surface area contributed by atoms with Crippen molar-refractivity contribution in [3.05, 3.63) is 28.2 Å². The van der Waals surface area contributed by atoms with E-state index in [0.717, 1.165) is 25.1 Å². The molecule has 1 aromatic heterocycles. The van der Waals surface area contributed by atoms with E-state index >= 15 is 0 Å². The van der Waals surface area contributed by atoms with Gasteiger partial charge in [-0.1, -0.05) is 0 Å². The molecule has 1 aliphatic rings. The standard InChI is InChI=1S/C14H21N3O3/c1-17(10-12-4-2-3-9-20-12)14(19)8-6-11-5-7-13(18)16-15-11/h5,7,12H,2-4,6,8-10H2,1H3,(H,16,18)/t12-/m0/s1. The Bertz CT molecular complexity index is 474. The van der Waals surface area contributed by atoms with E-state index in [1.807, 2.05) is 0 Å². The lowest BCUT2D eigenvalue weighted by Gasteiger charge is -2.27. The Morgan fingerprint density at radius 2 is 2.35 bits per heavy atom. The lowest BCUT2D eigenvalue weighted by atomic mass is 10.1. The summed E-state index contributed by atoms with van der Waals surface area (Å²) in [5.74, 6) is 0.0761. The zero-order valence-corrected chi connectivity index (χ0v) is 11.8. The SMILES string of the molecule is CN(C[C@@H]1CCCCO1)C(=O)CCc1ccc(=O)[nH]n1. The normalized spacial score (nSPS) is 18.8. The van der Waals surface area contributed by atoms with Crippen molar-refractivity contribution in [1.82, 2.24) is 15.1 Å². The molecule has 1 N–H and O–H groups in total. The summed E-state index contributed by atoms with van der Waals surface area (Å²) in [7, 11) is 1.81. The minimum atomic E-state index is -0.230. The van der Waals surface area contributed by atoms with Gasteiger partial charge >= 0.3 is 0 Å². The van der Waals surface area contributed by atoms with Crippen LogP contribution in [0.1, 0.15) is 31.4 Å². The predicted octanol–water partition coefficient (Wildman–Crippen LogP) is 0.730. The minimum absolute atomic E-state index is 0.0761. The average Bonchev–Trinajstić information content (AvgIpc) is 2.47. The van der Waals surface area contributed by atoms with Gasteiger partial charge in [0.25, 0.3) is 5.56 Å². The summed E-state index contributed by atoms with van der Waals surface area (Å²) < 4.78 is 5.63. The first-order chi connectivity index (χ1) is 9.65. The fourth-order valence-electron chi connectivity index (χ4n) is 2.30. The number of H-pyrrole nitrogens is 1. The average molecular weight is 279 g/mol. The molecule has 2 heterocycles. The second-order valence-electron chi connectivity index (χ2n) is 5.18. The third-order valence-electron chi connectivity index (χ3n) is 3.51. The van der Waals surface area contributed by atoms with Gasteiger partial charge in [-0.3, -0.25) is 9.59 Å². The summed E-state index contributed by atoms with van der Waals surface area (Å²) >= 11 is 0. The number of hydrogen-bond acceptors (Lipinski definition) is 4. The van der Waals surface area contributed by atoms with E-state index in [1.54, 1.807) is 18.0 Å². The molecule has 0 spiro atoms. The number of ether oxygens (including phenoxy) is 1. The van der Waals surface area contributed by atoms with Crippen molar-refractivity contribution in [2.24, 2.45) is 0 Å². The van der Waals surface area contributed by atoms with E-state index in [-0.39, 0.29) is 17.6 Å². The summed E-state index contributed by atoms with van der Waals surface area (Å²) in [6, 6.07) is 3.07. The van der Waals surface area contributed by atoms with Crippen LogP contribution in [0.3, 0.4) is 0 Å². The molecular weight excluding hydrogens is 258 g/mol. The van der Waals surface area contributed by atoms with Crippen molar-refractivity contribution in [2.75, 3.05) is 20.2 Å². The van der Waals surface area contributed by atoms with E-state index in [9.17, 15) is 9.59 Å². The predicted molar refractivity (Wildman–Crippen MR) is 74.4 cm³/mol. The quantitative estimate of drug-likeness (QED) is 0.862. The van der Waals surface area contributed by atoms with Crippen LogP contribution in [-0.4, -0.2) is 47.3 Å². The number of aromatic nitrogens is 2. The summed E-state index contributed by atoms with van der Waals surface area (Å²) in [6.07, 6.45) is 4.41. The van der Waals surface area contributed by atoms with Crippen molar-refractivity contribution < 1.29 is 9.53 Å². The van der Waals surface area contributed by atoms with E-state index in [2.05, 4.69) is 10.2 Å². The molecule has 0 saturated carbocycles. The van der Waals surface area contributed by atoms with Crippen molar-refractivity contribution in [3.63, 3.8) is 0 Å². The molecule has 20 heavy (non-hydrogen) atoms. The van der Waals surface area contributed by atoms with Gasteiger partial charge in [0.2, 0.25) is 5.91 Å². The van der Waals surface area contributed by atoms with Gasteiger partial charge in [0.1, 0.15) is 0 Å². The van der Waals surface area contributed by atoms with Crippen molar-refractivity contribution in [1.29, 1.82) is 0 Å². The molecule has 1 aliphatic heterocycles. The fourth-order valence-corrected chi connectivity index (χ4v) is 2.30. The molecule has 1 atom stereocenters. The van der Waals surface area contributed by atoms with Gasteiger partial charge < -0.3 is 9.64 Å². The molecular formula is C14H21N3O3. The lowest BCUT2D eigenvalue weighted by molar-refractivity contribution is -0.132. The van der Waals surface area contributed by atoms with Crippen LogP contribution >= 0.6 is 0 Å². The first-order valence-corrected chi connectivity index (χ1v) is 7.05. The monoisotopic (exact) mass is 279 g/mol. The van der Waals surface area contributed by atoms with Gasteiger partial charge in [-0.2, -0.15) is 5.10 Å². The summed E-state index contributed by atoms with van der Waals surface area (Å²) in [5.41, 5.74) is 0.493. The Hall–Kier alpha value is -1.69. The third-order valence-corrected chi connectivity index (χ3v) is 3.51. The molecule has 0 radical (unpaired) electrons. The van der Waals surface area contributed by atoms with Crippen molar-refractivity contribution in [3.8, 4) is 0 Å². The largest absolute Gasteiger partial charge is 0.376 e. The summed E-state index contributed by atoms with van der Waals surface area (Å²) in [5, 5.41) is 6.26. The second-order valence-corrected chi connectivity index (χ2v) is 5.18. The molecule has 2 rings (SSSR count). The minimum Gasteiger partial charge on any atom is -0.376 e. The molecule has 0 unspecified atom stereocenters. The number of carbonyl (C=O) groups is 1. The number of likely N-dealkylation sites (N-methyl/N-ethyl adjacent to an activating group) is 1. The van der Waals surface area contributed by atoms with Crippen molar-refractivity contribution >= 4 is 5.91 Å². The van der Waals surface area contributed by atoms with Crippen LogP contribution < -0.4 is 5.56 Å². The Labute approximate surface area is 118 Å². The highest BCUT2D eigenvalue weighted by atomic mass is 16.5. The Morgan fingerprint density at radius 3 is 3.00 bits per heavy atom. The van der Waals surface area contributed by atoms with E-state index in [1.165, 1.54) is 12.5 Å². The molecule has 1 fully saturated rings. The zero-order chi connectivity index (χ0) is 14.4. The summed E-state index contributed by atoms with van der Waals surface area (Å²) in [4.78, 5) is 24.6. The number of amides is 1. The van der Waals surface area contributed by atoms with Crippen LogP contribution in [0.4, 0.5) is 0 Å². The molecule has 0 aromatic carbocycles. The number of nitrogens with one attached hydrogen (secondary N) is 1. The highest BCUT2D eigenvalue weighted by Crippen LogP contribution is 2.13. The van der Waals surface area contributed by atoms with Crippen LogP contribution in [0.15, 0.2) is 16.9 Å². The topological polar surface area (TPSA) is 75.3 Å². The first kappa shape index (κ1) is 14.7.